The fourth-order valence-electron chi connectivity index (χ4n) is 4.10. The average molecular weight is 535 g/mol. The predicted octanol–water partition coefficient (Wildman–Crippen LogP) is 5.03. The van der Waals surface area contributed by atoms with E-state index in [1.807, 2.05) is 25.2 Å². The molecule has 0 radical (unpaired) electrons. The summed E-state index contributed by atoms with van der Waals surface area (Å²) >= 11 is 3.39. The molecule has 1 aromatic carbocycles. The van der Waals surface area contributed by atoms with Crippen LogP contribution in [-0.4, -0.2) is 41.0 Å². The number of aromatic nitrogens is 3. The zero-order chi connectivity index (χ0) is 24.0. The normalized spacial score (nSPS) is 15.6. The van der Waals surface area contributed by atoms with E-state index in [4.69, 9.17) is 9.47 Å². The molecule has 0 aliphatic heterocycles. The van der Waals surface area contributed by atoms with Gasteiger partial charge in [-0.15, -0.1) is 0 Å². The molecule has 7 nitrogen and oxygen atoms in total. The molecule has 4 rings (SSSR count). The highest BCUT2D eigenvalue weighted by atomic mass is 79.9. The Kier molecular flexibility index (Phi) is 6.50. The summed E-state index contributed by atoms with van der Waals surface area (Å²) in [5.74, 6) is 2.27. The Labute approximate surface area is 203 Å². The molecule has 1 N–H and O–H groups in total. The second-order valence-electron chi connectivity index (χ2n) is 10.2. The zero-order valence-corrected chi connectivity index (χ0v) is 22.4. The van der Waals surface area contributed by atoms with Crippen molar-refractivity contribution in [3.8, 4) is 17.2 Å². The van der Waals surface area contributed by atoms with Crippen LogP contribution in [0.2, 0.25) is 18.1 Å². The third kappa shape index (κ3) is 5.05. The zero-order valence-electron chi connectivity index (χ0n) is 19.8. The van der Waals surface area contributed by atoms with Crippen molar-refractivity contribution in [2.45, 2.75) is 51.2 Å². The molecule has 0 saturated heterocycles. The predicted molar refractivity (Wildman–Crippen MR) is 135 cm³/mol. The van der Waals surface area contributed by atoms with Crippen molar-refractivity contribution >= 4 is 29.8 Å². The summed E-state index contributed by atoms with van der Waals surface area (Å²) in [6.07, 6.45) is 6.64. The van der Waals surface area contributed by atoms with Gasteiger partial charge in [-0.05, 0) is 83.4 Å². The molecule has 2 heterocycles. The lowest BCUT2D eigenvalue weighted by Crippen LogP contribution is -2.41. The number of hydrogen-bond acceptors (Lipinski definition) is 5. The third-order valence-corrected chi connectivity index (χ3v) is 11.0. The Morgan fingerprint density at radius 1 is 1.27 bits per heavy atom. The molecule has 1 aliphatic carbocycles. The monoisotopic (exact) mass is 533 g/mol. The minimum atomic E-state index is -2.28. The van der Waals surface area contributed by atoms with E-state index in [9.17, 15) is 9.59 Å². The molecule has 9 heteroatoms. The van der Waals surface area contributed by atoms with Crippen LogP contribution >= 0.6 is 15.9 Å². The summed E-state index contributed by atoms with van der Waals surface area (Å²) < 4.78 is 15.7. The number of ether oxygens (including phenoxy) is 2. The Morgan fingerprint density at radius 2 is 2.00 bits per heavy atom. The van der Waals surface area contributed by atoms with E-state index in [1.54, 1.807) is 30.0 Å². The second-order valence-corrected chi connectivity index (χ2v) is 15.6. The van der Waals surface area contributed by atoms with Gasteiger partial charge in [-0.2, -0.15) is 5.10 Å². The van der Waals surface area contributed by atoms with Gasteiger partial charge in [0.2, 0.25) is 0 Å². The molecule has 1 unspecified atom stereocenters. The molecular formula is C24H32BrN3O4Si. The van der Waals surface area contributed by atoms with Gasteiger partial charge in [0.1, 0.15) is 11.8 Å². The quantitative estimate of drug-likeness (QED) is 0.390. The molecule has 0 amide bonds. The highest BCUT2D eigenvalue weighted by Gasteiger charge is 2.43. The maximum absolute atomic E-state index is 12.9. The number of rotatable bonds is 9. The van der Waals surface area contributed by atoms with E-state index in [2.05, 4.69) is 34.9 Å². The first-order chi connectivity index (χ1) is 15.5. The second kappa shape index (κ2) is 8.92. The van der Waals surface area contributed by atoms with Gasteiger partial charge in [-0.1, -0.05) is 13.8 Å². The summed E-state index contributed by atoms with van der Waals surface area (Å²) in [6, 6.07) is 7.23. The van der Waals surface area contributed by atoms with Crippen molar-refractivity contribution < 1.29 is 14.3 Å². The molecule has 33 heavy (non-hydrogen) atoms. The fraction of sp³-hybridized carbons (Fsp3) is 0.500. The molecule has 1 saturated carbocycles. The lowest BCUT2D eigenvalue weighted by molar-refractivity contribution is 0.199. The van der Waals surface area contributed by atoms with Gasteiger partial charge in [-0.3, -0.25) is 9.36 Å². The van der Waals surface area contributed by atoms with Crippen LogP contribution in [0.5, 0.6) is 11.5 Å². The Hall–Kier alpha value is -2.10. The van der Waals surface area contributed by atoms with E-state index in [0.717, 1.165) is 10.9 Å². The van der Waals surface area contributed by atoms with Crippen molar-refractivity contribution in [1.29, 1.82) is 0 Å². The molecule has 1 aliphatic rings. The number of halogens is 1. The van der Waals surface area contributed by atoms with Crippen molar-refractivity contribution in [2.75, 3.05) is 13.7 Å². The van der Waals surface area contributed by atoms with Crippen LogP contribution in [0.15, 0.2) is 46.1 Å². The number of fused-ring (bicyclic) bond motifs is 1. The van der Waals surface area contributed by atoms with Gasteiger partial charge in [-0.25, -0.2) is 4.52 Å². The number of nitrogens with zero attached hydrogens (tertiary/aromatic N) is 3. The summed E-state index contributed by atoms with van der Waals surface area (Å²) in [4.78, 5) is 23.7. The van der Waals surface area contributed by atoms with E-state index in [-0.39, 0.29) is 10.6 Å². The van der Waals surface area contributed by atoms with Crippen LogP contribution in [-0.2, 0) is 0 Å². The molecule has 178 valence electrons. The molecule has 1 fully saturated rings. The van der Waals surface area contributed by atoms with Gasteiger partial charge >= 0.3 is 0 Å². The first-order valence-electron chi connectivity index (χ1n) is 11.3. The summed E-state index contributed by atoms with van der Waals surface area (Å²) in [7, 11) is -0.685. The number of methoxy groups -OCH3 is 1. The van der Waals surface area contributed by atoms with Crippen LogP contribution in [0.3, 0.4) is 0 Å². The van der Waals surface area contributed by atoms with Crippen molar-refractivity contribution in [1.82, 2.24) is 14.2 Å². The highest BCUT2D eigenvalue weighted by molar-refractivity contribution is 9.10. The van der Waals surface area contributed by atoms with Crippen LogP contribution in [0.4, 0.5) is 0 Å². The minimum absolute atomic E-state index is 0.0851. The molecule has 2 aromatic heterocycles. The highest BCUT2D eigenvalue weighted by Crippen LogP contribution is 2.48. The first kappa shape index (κ1) is 24.0. The van der Waals surface area contributed by atoms with Gasteiger partial charge < -0.3 is 14.3 Å². The largest absolute Gasteiger partial charge is 0.493 e. The fourth-order valence-corrected chi connectivity index (χ4v) is 5.27. The van der Waals surface area contributed by atoms with Gasteiger partial charge in [0.05, 0.1) is 19.4 Å². The van der Waals surface area contributed by atoms with Crippen LogP contribution in [0, 0.1) is 11.8 Å². The summed E-state index contributed by atoms with van der Waals surface area (Å²) in [5, 5.41) is 4.23. The number of hydrogen-bond donors (Lipinski definition) is 1. The standard InChI is InChI=1S/C24H32BrN3O4Si/c1-24(2,33(4,5)30)12-17(16-6-7-16)14-32-21-9-8-19(11-22(21)31-3)27-15-26-28-13-18(25)10-20(28)23(27)29/h8-11,13,15-17,30H,6-7,12,14H2,1-5H3. The number of benzene rings is 1. The molecule has 0 spiro atoms. The third-order valence-electron chi connectivity index (χ3n) is 7.09. The minimum Gasteiger partial charge on any atom is -0.493 e. The van der Waals surface area contributed by atoms with E-state index in [1.165, 1.54) is 23.7 Å². The van der Waals surface area contributed by atoms with Crippen LogP contribution in [0.25, 0.3) is 11.2 Å². The van der Waals surface area contributed by atoms with Crippen LogP contribution in [0.1, 0.15) is 33.1 Å². The topological polar surface area (TPSA) is 78.0 Å². The van der Waals surface area contributed by atoms with E-state index in [0.29, 0.717) is 41.1 Å². The molecule has 3 aromatic rings. The Balaban J connectivity index is 1.55. The maximum atomic E-state index is 12.9. The van der Waals surface area contributed by atoms with Crippen molar-refractivity contribution in [3.63, 3.8) is 0 Å². The summed E-state index contributed by atoms with van der Waals surface area (Å²) in [5.41, 5.74) is 0.969. The average Bonchev–Trinajstić information content (AvgIpc) is 3.51. The lowest BCUT2D eigenvalue weighted by Gasteiger charge is -2.38. The maximum Gasteiger partial charge on any atom is 0.282 e. The van der Waals surface area contributed by atoms with Gasteiger partial charge in [0.25, 0.3) is 5.56 Å². The van der Waals surface area contributed by atoms with Gasteiger partial charge in [0, 0.05) is 16.7 Å². The summed E-state index contributed by atoms with van der Waals surface area (Å²) in [6.45, 7) is 8.97. The van der Waals surface area contributed by atoms with E-state index >= 15 is 0 Å². The molecule has 0 bridgehead atoms. The molecular weight excluding hydrogens is 502 g/mol. The molecule has 1 atom stereocenters. The lowest BCUT2D eigenvalue weighted by atomic mass is 9.92. The smallest absolute Gasteiger partial charge is 0.282 e. The first-order valence-corrected chi connectivity index (χ1v) is 15.0. The SMILES string of the molecule is COc1cc(-n2cnn3cc(Br)cc3c2=O)ccc1OCC(CC(C)(C)[Si](C)(C)O)C1CC1. The van der Waals surface area contributed by atoms with E-state index < -0.39 is 8.32 Å². The van der Waals surface area contributed by atoms with Crippen LogP contribution < -0.4 is 15.0 Å². The van der Waals surface area contributed by atoms with Gasteiger partial charge in [0.15, 0.2) is 19.8 Å². The Bertz CT molecular complexity index is 1210. The van der Waals surface area contributed by atoms with Crippen molar-refractivity contribution in [2.24, 2.45) is 11.8 Å². The van der Waals surface area contributed by atoms with Crippen molar-refractivity contribution in [3.05, 3.63) is 51.6 Å². The Morgan fingerprint density at radius 3 is 2.64 bits per heavy atom.